The van der Waals surface area contributed by atoms with Crippen molar-refractivity contribution in [2.24, 2.45) is 5.92 Å². The van der Waals surface area contributed by atoms with Crippen molar-refractivity contribution in [3.05, 3.63) is 29.8 Å². The predicted octanol–water partition coefficient (Wildman–Crippen LogP) is 1.65. The Morgan fingerprint density at radius 1 is 1.50 bits per heavy atom. The van der Waals surface area contributed by atoms with Gasteiger partial charge in [0.15, 0.2) is 0 Å². The van der Waals surface area contributed by atoms with Gasteiger partial charge in [-0.2, -0.15) is 0 Å². The maximum Gasteiger partial charge on any atom is 0.251 e. The van der Waals surface area contributed by atoms with E-state index in [0.29, 0.717) is 23.7 Å². The molecule has 0 aliphatic carbocycles. The lowest BCUT2D eigenvalue weighted by Crippen LogP contribution is -2.27. The number of nitrogens with two attached hydrogens (primary N) is 1. The highest BCUT2D eigenvalue weighted by Gasteiger charge is 2.05. The maximum absolute atomic E-state index is 11.5. The van der Waals surface area contributed by atoms with Crippen LogP contribution in [0, 0.1) is 5.92 Å². The van der Waals surface area contributed by atoms with E-state index in [4.69, 9.17) is 5.73 Å². The molecule has 1 rings (SSSR count). The number of carbonyl (C=O) groups is 1. The van der Waals surface area contributed by atoms with Crippen molar-refractivity contribution in [3.63, 3.8) is 0 Å². The van der Waals surface area contributed by atoms with E-state index in [2.05, 4.69) is 19.2 Å². The zero-order valence-corrected chi connectivity index (χ0v) is 8.58. The smallest absolute Gasteiger partial charge is 0.251 e. The molecular formula is C11H16N2O. The summed E-state index contributed by atoms with van der Waals surface area (Å²) in [6.45, 7) is 4.80. The van der Waals surface area contributed by atoms with Crippen LogP contribution in [-0.4, -0.2) is 12.5 Å². The first-order valence-corrected chi connectivity index (χ1v) is 4.73. The highest BCUT2D eigenvalue weighted by molar-refractivity contribution is 5.94. The van der Waals surface area contributed by atoms with Crippen LogP contribution in [0.1, 0.15) is 24.2 Å². The molecule has 0 unspecified atom stereocenters. The molecule has 0 spiro atoms. The van der Waals surface area contributed by atoms with Crippen LogP contribution in [0.15, 0.2) is 24.3 Å². The second-order valence-electron chi connectivity index (χ2n) is 3.73. The molecular weight excluding hydrogens is 176 g/mol. The third-order valence-electron chi connectivity index (χ3n) is 1.82. The quantitative estimate of drug-likeness (QED) is 0.715. The normalized spacial score (nSPS) is 10.2. The van der Waals surface area contributed by atoms with E-state index in [0.717, 1.165) is 0 Å². The number of nitrogen functional groups attached to an aromatic ring is 1. The van der Waals surface area contributed by atoms with Crippen LogP contribution in [0.4, 0.5) is 5.69 Å². The summed E-state index contributed by atoms with van der Waals surface area (Å²) >= 11 is 0. The number of carbonyl (C=O) groups excluding carboxylic acids is 1. The average molecular weight is 192 g/mol. The fraction of sp³-hybridized carbons (Fsp3) is 0.364. The molecule has 0 aliphatic rings. The number of nitrogens with one attached hydrogen (secondary N) is 1. The number of rotatable bonds is 3. The van der Waals surface area contributed by atoms with Crippen LogP contribution < -0.4 is 11.1 Å². The number of amides is 1. The van der Waals surface area contributed by atoms with Crippen molar-refractivity contribution in [2.75, 3.05) is 12.3 Å². The van der Waals surface area contributed by atoms with Crippen LogP contribution in [0.2, 0.25) is 0 Å². The fourth-order valence-corrected chi connectivity index (χ4v) is 1.08. The van der Waals surface area contributed by atoms with Crippen molar-refractivity contribution in [3.8, 4) is 0 Å². The highest BCUT2D eigenvalue weighted by atomic mass is 16.1. The molecule has 0 heterocycles. The van der Waals surface area contributed by atoms with Crippen LogP contribution in [-0.2, 0) is 0 Å². The Morgan fingerprint density at radius 3 is 2.79 bits per heavy atom. The lowest BCUT2D eigenvalue weighted by Gasteiger charge is -2.07. The second-order valence-corrected chi connectivity index (χ2v) is 3.73. The first-order valence-electron chi connectivity index (χ1n) is 4.73. The van der Waals surface area contributed by atoms with E-state index in [1.807, 2.05) is 0 Å². The van der Waals surface area contributed by atoms with Gasteiger partial charge in [0.2, 0.25) is 0 Å². The predicted molar refractivity (Wildman–Crippen MR) is 58.0 cm³/mol. The van der Waals surface area contributed by atoms with Crippen molar-refractivity contribution in [1.82, 2.24) is 5.32 Å². The van der Waals surface area contributed by atoms with Gasteiger partial charge in [-0.1, -0.05) is 19.9 Å². The Balaban J connectivity index is 2.61. The summed E-state index contributed by atoms with van der Waals surface area (Å²) in [4.78, 5) is 11.5. The summed E-state index contributed by atoms with van der Waals surface area (Å²) in [5.41, 5.74) is 6.80. The van der Waals surface area contributed by atoms with Gasteiger partial charge in [0.25, 0.3) is 5.91 Å². The summed E-state index contributed by atoms with van der Waals surface area (Å²) in [6, 6.07) is 6.97. The topological polar surface area (TPSA) is 55.1 Å². The molecule has 3 heteroatoms. The average Bonchev–Trinajstić information content (AvgIpc) is 2.14. The first-order chi connectivity index (χ1) is 6.59. The zero-order chi connectivity index (χ0) is 10.6. The van der Waals surface area contributed by atoms with Gasteiger partial charge in [-0.3, -0.25) is 4.79 Å². The van der Waals surface area contributed by atoms with Gasteiger partial charge < -0.3 is 11.1 Å². The van der Waals surface area contributed by atoms with Crippen molar-refractivity contribution in [1.29, 1.82) is 0 Å². The molecule has 1 aromatic rings. The summed E-state index contributed by atoms with van der Waals surface area (Å²) in [7, 11) is 0. The summed E-state index contributed by atoms with van der Waals surface area (Å²) in [5, 5.41) is 2.83. The van der Waals surface area contributed by atoms with Gasteiger partial charge in [0.1, 0.15) is 0 Å². The number of anilines is 1. The van der Waals surface area contributed by atoms with Crippen LogP contribution in [0.25, 0.3) is 0 Å². The SMILES string of the molecule is CC(C)CNC(=O)c1cccc(N)c1. The molecule has 0 saturated heterocycles. The molecule has 1 aromatic carbocycles. The Bertz CT molecular complexity index is 321. The van der Waals surface area contributed by atoms with E-state index in [1.54, 1.807) is 24.3 Å². The first kappa shape index (κ1) is 10.6. The second kappa shape index (κ2) is 4.65. The lowest BCUT2D eigenvalue weighted by atomic mass is 10.1. The van der Waals surface area contributed by atoms with E-state index < -0.39 is 0 Å². The number of hydrogen-bond acceptors (Lipinski definition) is 2. The van der Waals surface area contributed by atoms with E-state index in [1.165, 1.54) is 0 Å². The van der Waals surface area contributed by atoms with E-state index in [-0.39, 0.29) is 5.91 Å². The Morgan fingerprint density at radius 2 is 2.21 bits per heavy atom. The standard InChI is InChI=1S/C11H16N2O/c1-8(2)7-13-11(14)9-4-3-5-10(12)6-9/h3-6,8H,7,12H2,1-2H3,(H,13,14). The Labute approximate surface area is 84.3 Å². The molecule has 3 nitrogen and oxygen atoms in total. The van der Waals surface area contributed by atoms with Crippen molar-refractivity contribution < 1.29 is 4.79 Å². The summed E-state index contributed by atoms with van der Waals surface area (Å²) < 4.78 is 0. The molecule has 0 fully saturated rings. The molecule has 76 valence electrons. The van der Waals surface area contributed by atoms with Gasteiger partial charge in [-0.15, -0.1) is 0 Å². The van der Waals surface area contributed by atoms with Crippen LogP contribution in [0.5, 0.6) is 0 Å². The monoisotopic (exact) mass is 192 g/mol. The van der Waals surface area contributed by atoms with Crippen molar-refractivity contribution >= 4 is 11.6 Å². The van der Waals surface area contributed by atoms with Crippen molar-refractivity contribution in [2.45, 2.75) is 13.8 Å². The molecule has 3 N–H and O–H groups in total. The van der Waals surface area contributed by atoms with Crippen LogP contribution >= 0.6 is 0 Å². The van der Waals surface area contributed by atoms with Gasteiger partial charge in [-0.05, 0) is 24.1 Å². The van der Waals surface area contributed by atoms with Gasteiger partial charge in [0.05, 0.1) is 0 Å². The highest BCUT2D eigenvalue weighted by Crippen LogP contribution is 2.06. The van der Waals surface area contributed by atoms with Crippen LogP contribution in [0.3, 0.4) is 0 Å². The lowest BCUT2D eigenvalue weighted by molar-refractivity contribution is 0.0949. The molecule has 0 aliphatic heterocycles. The Kier molecular flexibility index (Phi) is 3.51. The van der Waals surface area contributed by atoms with E-state index >= 15 is 0 Å². The minimum atomic E-state index is -0.0639. The number of benzene rings is 1. The summed E-state index contributed by atoms with van der Waals surface area (Å²) in [5.74, 6) is 0.394. The molecule has 0 radical (unpaired) electrons. The minimum absolute atomic E-state index is 0.0639. The minimum Gasteiger partial charge on any atom is -0.399 e. The molecule has 14 heavy (non-hydrogen) atoms. The third kappa shape index (κ3) is 3.09. The molecule has 0 bridgehead atoms. The maximum atomic E-state index is 11.5. The molecule has 0 atom stereocenters. The largest absolute Gasteiger partial charge is 0.399 e. The van der Waals surface area contributed by atoms with Gasteiger partial charge in [-0.25, -0.2) is 0 Å². The molecule has 0 aromatic heterocycles. The Hall–Kier alpha value is -1.51. The zero-order valence-electron chi connectivity index (χ0n) is 8.58. The summed E-state index contributed by atoms with van der Waals surface area (Å²) in [6.07, 6.45) is 0. The third-order valence-corrected chi connectivity index (χ3v) is 1.82. The molecule has 0 saturated carbocycles. The fourth-order valence-electron chi connectivity index (χ4n) is 1.08. The van der Waals surface area contributed by atoms with Gasteiger partial charge >= 0.3 is 0 Å². The van der Waals surface area contributed by atoms with Gasteiger partial charge in [0, 0.05) is 17.8 Å². The van der Waals surface area contributed by atoms with E-state index in [9.17, 15) is 4.79 Å². The number of hydrogen-bond donors (Lipinski definition) is 2. The molecule has 1 amide bonds.